The van der Waals surface area contributed by atoms with Crippen molar-refractivity contribution in [1.29, 1.82) is 0 Å². The van der Waals surface area contributed by atoms with Gasteiger partial charge in [-0.3, -0.25) is 9.59 Å². The number of carboxylic acid groups (broad SMARTS) is 1. The molecule has 1 aromatic carbocycles. The summed E-state index contributed by atoms with van der Waals surface area (Å²) in [5, 5.41) is 8.42. The second kappa shape index (κ2) is 5.90. The molecule has 0 heterocycles. The van der Waals surface area contributed by atoms with Gasteiger partial charge in [0, 0.05) is 6.42 Å². The Hall–Kier alpha value is -1.84. The maximum atomic E-state index is 11.2. The van der Waals surface area contributed by atoms with Crippen molar-refractivity contribution >= 4 is 11.8 Å². The van der Waals surface area contributed by atoms with E-state index in [1.54, 1.807) is 7.11 Å². The molecule has 0 fully saturated rings. The fourth-order valence-corrected chi connectivity index (χ4v) is 1.37. The smallest absolute Gasteiger partial charge is 0.310 e. The Balaban J connectivity index is 2.47. The van der Waals surface area contributed by atoms with E-state index in [1.807, 2.05) is 24.3 Å². The molecule has 0 saturated carbocycles. The van der Waals surface area contributed by atoms with Crippen molar-refractivity contribution in [2.45, 2.75) is 19.3 Å². The number of carbonyl (C=O) groups excluding carboxylic acids is 1. The average Bonchev–Trinajstić information content (AvgIpc) is 2.26. The van der Waals surface area contributed by atoms with Crippen LogP contribution in [0.2, 0.25) is 0 Å². The Bertz CT molecular complexity index is 384. The summed E-state index contributed by atoms with van der Waals surface area (Å²) < 4.78 is 5.05. The van der Waals surface area contributed by atoms with Gasteiger partial charge in [-0.25, -0.2) is 0 Å². The van der Waals surface area contributed by atoms with E-state index in [9.17, 15) is 9.59 Å². The maximum absolute atomic E-state index is 11.2. The fraction of sp³-hybridized carbons (Fsp3) is 0.333. The molecule has 1 rings (SSSR count). The first-order valence-electron chi connectivity index (χ1n) is 4.98. The molecule has 0 aliphatic carbocycles. The Morgan fingerprint density at radius 3 is 2.75 bits per heavy atom. The molecule has 0 bridgehead atoms. The summed E-state index contributed by atoms with van der Waals surface area (Å²) >= 11 is 0. The van der Waals surface area contributed by atoms with Crippen molar-refractivity contribution in [3.8, 4) is 5.75 Å². The molecule has 0 spiro atoms. The minimum absolute atomic E-state index is 0.249. The van der Waals surface area contributed by atoms with Gasteiger partial charge in [-0.2, -0.15) is 0 Å². The monoisotopic (exact) mass is 222 g/mol. The number of benzene rings is 1. The summed E-state index contributed by atoms with van der Waals surface area (Å²) in [5.41, 5.74) is 0.970. The van der Waals surface area contributed by atoms with Gasteiger partial charge in [-0.15, -0.1) is 0 Å². The van der Waals surface area contributed by atoms with Gasteiger partial charge in [-0.1, -0.05) is 12.1 Å². The molecule has 0 atom stereocenters. The van der Waals surface area contributed by atoms with Crippen LogP contribution in [0.15, 0.2) is 24.3 Å². The van der Waals surface area contributed by atoms with E-state index in [0.29, 0.717) is 6.42 Å². The molecule has 0 unspecified atom stereocenters. The van der Waals surface area contributed by atoms with Crippen molar-refractivity contribution in [2.24, 2.45) is 0 Å². The molecule has 0 aromatic heterocycles. The first kappa shape index (κ1) is 12.2. The predicted octanol–water partition coefficient (Wildman–Crippen LogP) is 1.67. The Morgan fingerprint density at radius 2 is 2.12 bits per heavy atom. The predicted molar refractivity (Wildman–Crippen MR) is 58.6 cm³/mol. The van der Waals surface area contributed by atoms with Crippen LogP contribution < -0.4 is 4.74 Å². The summed E-state index contributed by atoms with van der Waals surface area (Å²) in [6.07, 6.45) is 0.396. The van der Waals surface area contributed by atoms with Gasteiger partial charge in [0.2, 0.25) is 0 Å². The summed E-state index contributed by atoms with van der Waals surface area (Å²) in [6, 6.07) is 7.39. The van der Waals surface area contributed by atoms with Crippen LogP contribution >= 0.6 is 0 Å². The Morgan fingerprint density at radius 1 is 1.38 bits per heavy atom. The van der Waals surface area contributed by atoms with Crippen LogP contribution in [0.5, 0.6) is 5.75 Å². The zero-order valence-corrected chi connectivity index (χ0v) is 9.10. The minimum atomic E-state index is -1.07. The summed E-state index contributed by atoms with van der Waals surface area (Å²) in [4.78, 5) is 21.4. The number of hydrogen-bond acceptors (Lipinski definition) is 3. The quantitative estimate of drug-likeness (QED) is 0.743. The molecule has 4 nitrogen and oxygen atoms in total. The number of methoxy groups -OCH3 is 1. The molecule has 0 aliphatic heterocycles. The third-order valence-electron chi connectivity index (χ3n) is 2.18. The SMILES string of the molecule is COc1cccc(CCC(=O)CC(=O)O)c1. The number of rotatable bonds is 6. The first-order chi connectivity index (χ1) is 7.61. The molecule has 1 N–H and O–H groups in total. The van der Waals surface area contributed by atoms with Crippen LogP contribution in [0, 0.1) is 0 Å². The lowest BCUT2D eigenvalue weighted by Gasteiger charge is -2.03. The van der Waals surface area contributed by atoms with Crippen LogP contribution in [0.25, 0.3) is 0 Å². The molecule has 0 aliphatic rings. The molecular weight excluding hydrogens is 208 g/mol. The maximum Gasteiger partial charge on any atom is 0.310 e. The minimum Gasteiger partial charge on any atom is -0.497 e. The molecule has 4 heteroatoms. The highest BCUT2D eigenvalue weighted by Gasteiger charge is 2.07. The van der Waals surface area contributed by atoms with Gasteiger partial charge < -0.3 is 9.84 Å². The number of carbonyl (C=O) groups is 2. The highest BCUT2D eigenvalue weighted by molar-refractivity contribution is 5.94. The topological polar surface area (TPSA) is 63.6 Å². The third-order valence-corrected chi connectivity index (χ3v) is 2.18. The van der Waals surface area contributed by atoms with Crippen LogP contribution in [-0.2, 0) is 16.0 Å². The average molecular weight is 222 g/mol. The molecule has 16 heavy (non-hydrogen) atoms. The van der Waals surface area contributed by atoms with E-state index in [0.717, 1.165) is 11.3 Å². The van der Waals surface area contributed by atoms with E-state index < -0.39 is 12.4 Å². The van der Waals surface area contributed by atoms with Gasteiger partial charge in [0.15, 0.2) is 0 Å². The van der Waals surface area contributed by atoms with E-state index in [-0.39, 0.29) is 12.2 Å². The van der Waals surface area contributed by atoms with Gasteiger partial charge >= 0.3 is 5.97 Å². The molecule has 0 saturated heterocycles. The third kappa shape index (κ3) is 4.13. The number of Topliss-reactive ketones (excluding diaryl/α,β-unsaturated/α-hetero) is 1. The zero-order chi connectivity index (χ0) is 12.0. The van der Waals surface area contributed by atoms with Crippen LogP contribution in [0.4, 0.5) is 0 Å². The van der Waals surface area contributed by atoms with Gasteiger partial charge in [0.25, 0.3) is 0 Å². The van der Waals surface area contributed by atoms with Crippen molar-refractivity contribution in [3.05, 3.63) is 29.8 Å². The van der Waals surface area contributed by atoms with Crippen molar-refractivity contribution in [2.75, 3.05) is 7.11 Å². The lowest BCUT2D eigenvalue weighted by molar-refractivity contribution is -0.140. The van der Waals surface area contributed by atoms with Crippen molar-refractivity contribution in [3.63, 3.8) is 0 Å². The van der Waals surface area contributed by atoms with Gasteiger partial charge in [-0.05, 0) is 24.1 Å². The van der Waals surface area contributed by atoms with Gasteiger partial charge in [0.05, 0.1) is 7.11 Å². The van der Waals surface area contributed by atoms with Crippen LogP contribution in [0.3, 0.4) is 0 Å². The standard InChI is InChI=1S/C12H14O4/c1-16-11-4-2-3-9(7-11)5-6-10(13)8-12(14)15/h2-4,7H,5-6,8H2,1H3,(H,14,15). The Labute approximate surface area is 93.9 Å². The highest BCUT2D eigenvalue weighted by Crippen LogP contribution is 2.14. The second-order valence-corrected chi connectivity index (χ2v) is 3.46. The summed E-state index contributed by atoms with van der Waals surface area (Å²) in [6.45, 7) is 0. The van der Waals surface area contributed by atoms with Crippen LogP contribution in [0.1, 0.15) is 18.4 Å². The molecule has 0 amide bonds. The van der Waals surface area contributed by atoms with E-state index in [1.165, 1.54) is 0 Å². The zero-order valence-electron chi connectivity index (χ0n) is 9.10. The largest absolute Gasteiger partial charge is 0.497 e. The molecule has 0 radical (unpaired) electrons. The van der Waals surface area contributed by atoms with Crippen molar-refractivity contribution < 1.29 is 19.4 Å². The lowest BCUT2D eigenvalue weighted by Crippen LogP contribution is -2.07. The normalized spacial score (nSPS) is 9.81. The fourth-order valence-electron chi connectivity index (χ4n) is 1.37. The number of ketones is 1. The molecule has 1 aromatic rings. The van der Waals surface area contributed by atoms with E-state index in [2.05, 4.69) is 0 Å². The second-order valence-electron chi connectivity index (χ2n) is 3.46. The summed E-state index contributed by atoms with van der Waals surface area (Å²) in [7, 11) is 1.58. The lowest BCUT2D eigenvalue weighted by atomic mass is 10.1. The Kier molecular flexibility index (Phi) is 4.51. The highest BCUT2D eigenvalue weighted by atomic mass is 16.5. The van der Waals surface area contributed by atoms with Gasteiger partial charge in [0.1, 0.15) is 18.0 Å². The number of aryl methyl sites for hydroxylation is 1. The summed E-state index contributed by atoms with van der Waals surface area (Å²) in [5.74, 6) is -0.589. The van der Waals surface area contributed by atoms with E-state index in [4.69, 9.17) is 9.84 Å². The molecular formula is C12H14O4. The van der Waals surface area contributed by atoms with E-state index >= 15 is 0 Å². The molecule has 86 valence electrons. The number of hydrogen-bond donors (Lipinski definition) is 1. The number of ether oxygens (including phenoxy) is 1. The first-order valence-corrected chi connectivity index (χ1v) is 4.98. The van der Waals surface area contributed by atoms with Crippen molar-refractivity contribution in [1.82, 2.24) is 0 Å². The number of aliphatic carboxylic acids is 1. The van der Waals surface area contributed by atoms with Crippen LogP contribution in [-0.4, -0.2) is 24.0 Å². The number of carboxylic acids is 1.